The molecule has 2 aromatic carbocycles. The summed E-state index contributed by atoms with van der Waals surface area (Å²) in [5.74, 6) is 0.674. The number of methoxy groups -OCH3 is 2. The standard InChI is InChI=1S/C21H26N2O4/c1-14-6-5-7-17(15(14)2)23-21(25)13-20(24)22-11-10-16-8-9-18(26-3)19(12-16)27-4/h5-9,12H,10-11,13H2,1-4H3,(H,22,24)(H,23,25). The van der Waals surface area contributed by atoms with Crippen molar-refractivity contribution in [1.29, 1.82) is 0 Å². The summed E-state index contributed by atoms with van der Waals surface area (Å²) >= 11 is 0. The van der Waals surface area contributed by atoms with Crippen molar-refractivity contribution in [3.05, 3.63) is 53.1 Å². The van der Waals surface area contributed by atoms with Crippen LogP contribution in [-0.4, -0.2) is 32.6 Å². The molecule has 0 saturated carbocycles. The van der Waals surface area contributed by atoms with Gasteiger partial charge in [-0.2, -0.15) is 0 Å². The zero-order valence-corrected chi connectivity index (χ0v) is 16.2. The number of carbonyl (C=O) groups excluding carboxylic acids is 2. The number of ether oxygens (including phenoxy) is 2. The first-order valence-electron chi connectivity index (χ1n) is 8.78. The second-order valence-corrected chi connectivity index (χ2v) is 6.26. The minimum absolute atomic E-state index is 0.209. The lowest BCUT2D eigenvalue weighted by molar-refractivity contribution is -0.126. The minimum Gasteiger partial charge on any atom is -0.493 e. The van der Waals surface area contributed by atoms with Gasteiger partial charge in [-0.15, -0.1) is 0 Å². The van der Waals surface area contributed by atoms with Gasteiger partial charge in [0.1, 0.15) is 6.42 Å². The van der Waals surface area contributed by atoms with Crippen LogP contribution >= 0.6 is 0 Å². The fourth-order valence-electron chi connectivity index (χ4n) is 2.67. The molecule has 0 fully saturated rings. The number of hydrogen-bond acceptors (Lipinski definition) is 4. The molecule has 6 nitrogen and oxygen atoms in total. The number of amides is 2. The molecule has 0 aromatic heterocycles. The summed E-state index contributed by atoms with van der Waals surface area (Å²) < 4.78 is 10.5. The first kappa shape index (κ1) is 20.3. The summed E-state index contributed by atoms with van der Waals surface area (Å²) in [6.45, 7) is 4.35. The van der Waals surface area contributed by atoms with Crippen molar-refractivity contribution < 1.29 is 19.1 Å². The normalized spacial score (nSPS) is 10.2. The fraction of sp³-hybridized carbons (Fsp3) is 0.333. The van der Waals surface area contributed by atoms with E-state index in [1.54, 1.807) is 14.2 Å². The van der Waals surface area contributed by atoms with Crippen molar-refractivity contribution in [3.63, 3.8) is 0 Å². The third-order valence-corrected chi connectivity index (χ3v) is 4.38. The van der Waals surface area contributed by atoms with E-state index in [0.717, 1.165) is 22.4 Å². The Morgan fingerprint density at radius 1 is 0.963 bits per heavy atom. The zero-order chi connectivity index (χ0) is 19.8. The van der Waals surface area contributed by atoms with Gasteiger partial charge in [-0.05, 0) is 55.2 Å². The van der Waals surface area contributed by atoms with E-state index in [0.29, 0.717) is 24.5 Å². The van der Waals surface area contributed by atoms with Crippen molar-refractivity contribution in [2.75, 3.05) is 26.1 Å². The number of benzene rings is 2. The van der Waals surface area contributed by atoms with Crippen molar-refractivity contribution in [3.8, 4) is 11.5 Å². The molecule has 0 heterocycles. The maximum atomic E-state index is 12.1. The van der Waals surface area contributed by atoms with Gasteiger partial charge in [0.25, 0.3) is 0 Å². The number of anilines is 1. The Kier molecular flexibility index (Phi) is 7.23. The summed E-state index contributed by atoms with van der Waals surface area (Å²) in [6, 6.07) is 11.3. The molecule has 2 aromatic rings. The van der Waals surface area contributed by atoms with E-state index >= 15 is 0 Å². The lowest BCUT2D eigenvalue weighted by Crippen LogP contribution is -2.29. The third kappa shape index (κ3) is 5.74. The van der Waals surface area contributed by atoms with E-state index in [9.17, 15) is 9.59 Å². The van der Waals surface area contributed by atoms with E-state index in [2.05, 4.69) is 10.6 Å². The highest BCUT2D eigenvalue weighted by molar-refractivity contribution is 6.03. The monoisotopic (exact) mass is 370 g/mol. The highest BCUT2D eigenvalue weighted by Gasteiger charge is 2.11. The second-order valence-electron chi connectivity index (χ2n) is 6.26. The maximum Gasteiger partial charge on any atom is 0.233 e. The summed E-state index contributed by atoms with van der Waals surface area (Å²) in [6.07, 6.45) is 0.421. The van der Waals surface area contributed by atoms with Gasteiger partial charge in [-0.3, -0.25) is 9.59 Å². The maximum absolute atomic E-state index is 12.1. The van der Waals surface area contributed by atoms with Crippen LogP contribution in [0.1, 0.15) is 23.1 Å². The minimum atomic E-state index is -0.327. The van der Waals surface area contributed by atoms with E-state index in [1.165, 1.54) is 0 Å². The van der Waals surface area contributed by atoms with E-state index in [1.807, 2.05) is 50.2 Å². The van der Waals surface area contributed by atoms with Gasteiger partial charge in [0.2, 0.25) is 11.8 Å². The Hall–Kier alpha value is -3.02. The van der Waals surface area contributed by atoms with Gasteiger partial charge in [0, 0.05) is 12.2 Å². The SMILES string of the molecule is COc1ccc(CCNC(=O)CC(=O)Nc2cccc(C)c2C)cc1OC. The molecule has 27 heavy (non-hydrogen) atoms. The van der Waals surface area contributed by atoms with E-state index in [-0.39, 0.29) is 18.2 Å². The van der Waals surface area contributed by atoms with Crippen LogP contribution in [0.2, 0.25) is 0 Å². The van der Waals surface area contributed by atoms with Crippen LogP contribution in [0, 0.1) is 13.8 Å². The van der Waals surface area contributed by atoms with Crippen molar-refractivity contribution in [2.45, 2.75) is 26.7 Å². The zero-order valence-electron chi connectivity index (χ0n) is 16.2. The van der Waals surface area contributed by atoms with Crippen molar-refractivity contribution in [2.24, 2.45) is 0 Å². The predicted molar refractivity (Wildman–Crippen MR) is 105 cm³/mol. The van der Waals surface area contributed by atoms with Crippen LogP contribution in [0.15, 0.2) is 36.4 Å². The van der Waals surface area contributed by atoms with Crippen molar-refractivity contribution >= 4 is 17.5 Å². The molecule has 0 atom stereocenters. The van der Waals surface area contributed by atoms with E-state index in [4.69, 9.17) is 9.47 Å². The molecular formula is C21H26N2O4. The molecule has 0 spiro atoms. The van der Waals surface area contributed by atoms with Gasteiger partial charge in [-0.1, -0.05) is 18.2 Å². The largest absolute Gasteiger partial charge is 0.493 e. The molecule has 2 rings (SSSR count). The van der Waals surface area contributed by atoms with Crippen molar-refractivity contribution in [1.82, 2.24) is 5.32 Å². The lowest BCUT2D eigenvalue weighted by Gasteiger charge is -2.11. The number of hydrogen-bond donors (Lipinski definition) is 2. The topological polar surface area (TPSA) is 76.7 Å². The smallest absolute Gasteiger partial charge is 0.233 e. The van der Waals surface area contributed by atoms with E-state index < -0.39 is 0 Å². The highest BCUT2D eigenvalue weighted by atomic mass is 16.5. The van der Waals surface area contributed by atoms with Crippen LogP contribution in [0.3, 0.4) is 0 Å². The highest BCUT2D eigenvalue weighted by Crippen LogP contribution is 2.27. The molecule has 0 aliphatic heterocycles. The fourth-order valence-corrected chi connectivity index (χ4v) is 2.67. The number of carbonyl (C=O) groups is 2. The van der Waals surface area contributed by atoms with Gasteiger partial charge >= 0.3 is 0 Å². The molecule has 6 heteroatoms. The summed E-state index contributed by atoms with van der Waals surface area (Å²) in [7, 11) is 3.17. The Labute approximate surface area is 159 Å². The Morgan fingerprint density at radius 3 is 2.41 bits per heavy atom. The average Bonchev–Trinajstić information content (AvgIpc) is 2.65. The molecule has 2 amide bonds. The van der Waals surface area contributed by atoms with Crippen LogP contribution in [-0.2, 0) is 16.0 Å². The molecular weight excluding hydrogens is 344 g/mol. The number of rotatable bonds is 8. The average molecular weight is 370 g/mol. The molecule has 0 aliphatic carbocycles. The molecule has 144 valence electrons. The van der Waals surface area contributed by atoms with Gasteiger partial charge in [0.15, 0.2) is 11.5 Å². The van der Waals surface area contributed by atoms with Gasteiger partial charge in [0.05, 0.1) is 14.2 Å². The second kappa shape index (κ2) is 9.62. The molecule has 0 unspecified atom stereocenters. The lowest BCUT2D eigenvalue weighted by atomic mass is 10.1. The molecule has 0 bridgehead atoms. The first-order valence-corrected chi connectivity index (χ1v) is 8.78. The number of nitrogens with one attached hydrogen (secondary N) is 2. The van der Waals surface area contributed by atoms with Gasteiger partial charge < -0.3 is 20.1 Å². The predicted octanol–water partition coefficient (Wildman–Crippen LogP) is 3.01. The van der Waals surface area contributed by atoms with Crippen LogP contribution < -0.4 is 20.1 Å². The summed E-state index contributed by atoms with van der Waals surface area (Å²) in [4.78, 5) is 24.1. The third-order valence-electron chi connectivity index (χ3n) is 4.38. The molecule has 0 radical (unpaired) electrons. The van der Waals surface area contributed by atoms with Gasteiger partial charge in [-0.25, -0.2) is 0 Å². The van der Waals surface area contributed by atoms with Crippen LogP contribution in [0.5, 0.6) is 11.5 Å². The first-order chi connectivity index (χ1) is 12.9. The Bertz CT molecular complexity index is 818. The van der Waals surface area contributed by atoms with Crippen LogP contribution in [0.4, 0.5) is 5.69 Å². The number of aryl methyl sites for hydroxylation is 1. The molecule has 0 aliphatic rings. The molecule has 0 saturated heterocycles. The quantitative estimate of drug-likeness (QED) is 0.701. The molecule has 2 N–H and O–H groups in total. The summed E-state index contributed by atoms with van der Waals surface area (Å²) in [5, 5.41) is 5.56. The Morgan fingerprint density at radius 2 is 1.70 bits per heavy atom. The Balaban J connectivity index is 1.80. The van der Waals surface area contributed by atoms with Crippen LogP contribution in [0.25, 0.3) is 0 Å². The summed E-state index contributed by atoms with van der Waals surface area (Å²) in [5.41, 5.74) is 3.83.